The number of benzene rings is 2. The maximum Gasteiger partial charge on any atom is 0.261 e. The molecule has 2 aromatic carbocycles. The van der Waals surface area contributed by atoms with Crippen LogP contribution in [0.25, 0.3) is 0 Å². The normalized spacial score (nSPS) is 13.4. The highest BCUT2D eigenvalue weighted by molar-refractivity contribution is 6.09. The molecule has 0 saturated heterocycles. The van der Waals surface area contributed by atoms with Crippen LogP contribution in [0.3, 0.4) is 0 Å². The fourth-order valence-electron chi connectivity index (χ4n) is 2.19. The molecule has 0 unspecified atom stereocenters. The molecule has 96 valence electrons. The number of carbonyl (C=O) groups is 1. The summed E-state index contributed by atoms with van der Waals surface area (Å²) < 4.78 is 5.84. The van der Waals surface area contributed by atoms with Gasteiger partial charge < -0.3 is 15.4 Å². The van der Waals surface area contributed by atoms with Gasteiger partial charge in [-0.2, -0.15) is 0 Å². The molecule has 0 aliphatic carbocycles. The number of carbonyl (C=O) groups excluding carboxylic acids is 1. The molecular formula is C15H14N2O2. The van der Waals surface area contributed by atoms with Crippen LogP contribution in [0.1, 0.15) is 15.9 Å². The van der Waals surface area contributed by atoms with Crippen LogP contribution in [-0.2, 0) is 0 Å². The van der Waals surface area contributed by atoms with Gasteiger partial charge in [0.1, 0.15) is 5.75 Å². The highest BCUT2D eigenvalue weighted by atomic mass is 16.5. The molecule has 1 aliphatic heterocycles. The fourth-order valence-corrected chi connectivity index (χ4v) is 2.19. The van der Waals surface area contributed by atoms with E-state index in [-0.39, 0.29) is 5.91 Å². The zero-order valence-corrected chi connectivity index (χ0v) is 10.8. The summed E-state index contributed by atoms with van der Waals surface area (Å²) in [7, 11) is 1.74. The predicted octanol–water partition coefficient (Wildman–Crippen LogP) is 2.96. The van der Waals surface area contributed by atoms with E-state index in [1.165, 1.54) is 0 Å². The molecule has 19 heavy (non-hydrogen) atoms. The van der Waals surface area contributed by atoms with Crippen LogP contribution in [0.5, 0.6) is 11.5 Å². The van der Waals surface area contributed by atoms with Gasteiger partial charge in [-0.1, -0.05) is 6.07 Å². The van der Waals surface area contributed by atoms with Gasteiger partial charge >= 0.3 is 0 Å². The molecule has 0 fully saturated rings. The molecule has 0 spiro atoms. The summed E-state index contributed by atoms with van der Waals surface area (Å²) in [5.74, 6) is 1.09. The molecule has 0 radical (unpaired) electrons. The average Bonchev–Trinajstić information content (AvgIpc) is 2.49. The van der Waals surface area contributed by atoms with E-state index in [0.717, 1.165) is 11.3 Å². The minimum absolute atomic E-state index is 0.119. The Labute approximate surface area is 111 Å². The fraction of sp³-hybridized carbons (Fsp3) is 0.133. The lowest BCUT2D eigenvalue weighted by molar-refractivity contribution is 0.0993. The van der Waals surface area contributed by atoms with Gasteiger partial charge in [-0.15, -0.1) is 0 Å². The van der Waals surface area contributed by atoms with Gasteiger partial charge in [0.2, 0.25) is 0 Å². The molecule has 3 rings (SSSR count). The summed E-state index contributed by atoms with van der Waals surface area (Å²) in [4.78, 5) is 14.0. The minimum atomic E-state index is -0.119. The van der Waals surface area contributed by atoms with Crippen LogP contribution in [0, 0.1) is 6.92 Å². The smallest absolute Gasteiger partial charge is 0.261 e. The Morgan fingerprint density at radius 3 is 2.63 bits per heavy atom. The maximum absolute atomic E-state index is 12.5. The van der Waals surface area contributed by atoms with Gasteiger partial charge in [0.15, 0.2) is 5.75 Å². The average molecular weight is 254 g/mol. The van der Waals surface area contributed by atoms with Crippen molar-refractivity contribution in [3.63, 3.8) is 0 Å². The molecule has 4 nitrogen and oxygen atoms in total. The summed E-state index contributed by atoms with van der Waals surface area (Å²) >= 11 is 0. The Morgan fingerprint density at radius 1 is 1.11 bits per heavy atom. The molecule has 4 heteroatoms. The Balaban J connectivity index is 2.22. The van der Waals surface area contributed by atoms with Crippen LogP contribution in [0.4, 0.5) is 11.4 Å². The number of fused-ring (bicyclic) bond motifs is 2. The number of ether oxygens (including phenoxy) is 1. The van der Waals surface area contributed by atoms with Crippen LogP contribution in [0.15, 0.2) is 36.4 Å². The van der Waals surface area contributed by atoms with Crippen molar-refractivity contribution in [3.05, 3.63) is 47.5 Å². The molecular weight excluding hydrogens is 240 g/mol. The molecule has 1 aliphatic rings. The van der Waals surface area contributed by atoms with E-state index >= 15 is 0 Å². The molecule has 1 heterocycles. The van der Waals surface area contributed by atoms with Crippen molar-refractivity contribution in [2.45, 2.75) is 6.92 Å². The highest BCUT2D eigenvalue weighted by Crippen LogP contribution is 2.39. The van der Waals surface area contributed by atoms with Crippen LogP contribution >= 0.6 is 0 Å². The third-order valence-electron chi connectivity index (χ3n) is 3.23. The van der Waals surface area contributed by atoms with Gasteiger partial charge in [-0.05, 0) is 42.8 Å². The number of nitrogens with two attached hydrogens (primary N) is 1. The third kappa shape index (κ3) is 1.81. The van der Waals surface area contributed by atoms with Crippen molar-refractivity contribution >= 4 is 17.3 Å². The lowest BCUT2D eigenvalue weighted by atomic mass is 10.1. The number of rotatable bonds is 0. The lowest BCUT2D eigenvalue weighted by Crippen LogP contribution is -2.25. The van der Waals surface area contributed by atoms with Crippen LogP contribution in [-0.4, -0.2) is 13.0 Å². The molecule has 0 atom stereocenters. The summed E-state index contributed by atoms with van der Waals surface area (Å²) in [5, 5.41) is 0. The van der Waals surface area contributed by atoms with Gasteiger partial charge in [-0.3, -0.25) is 4.79 Å². The van der Waals surface area contributed by atoms with E-state index < -0.39 is 0 Å². The standard InChI is InChI=1S/C15H14N2O2/c1-9-3-5-14-12(7-9)17(2)15(18)11-8-10(16)4-6-13(11)19-14/h3-8H,16H2,1-2H3. The SMILES string of the molecule is Cc1ccc2c(c1)N(C)C(=O)c1cc(N)ccc1O2. The van der Waals surface area contributed by atoms with Crippen molar-refractivity contribution in [2.24, 2.45) is 0 Å². The topological polar surface area (TPSA) is 55.6 Å². The zero-order chi connectivity index (χ0) is 13.6. The first-order valence-corrected chi connectivity index (χ1v) is 6.02. The molecule has 2 N–H and O–H groups in total. The van der Waals surface area contributed by atoms with Crippen LogP contribution in [0.2, 0.25) is 0 Å². The quantitative estimate of drug-likeness (QED) is 0.735. The number of hydrogen-bond donors (Lipinski definition) is 1. The van der Waals surface area contributed by atoms with E-state index in [1.807, 2.05) is 25.1 Å². The molecule has 0 saturated carbocycles. The summed E-state index contributed by atoms with van der Waals surface area (Å²) in [6.45, 7) is 1.98. The van der Waals surface area contributed by atoms with Crippen molar-refractivity contribution in [3.8, 4) is 11.5 Å². The van der Waals surface area contributed by atoms with Crippen molar-refractivity contribution in [1.29, 1.82) is 0 Å². The monoisotopic (exact) mass is 254 g/mol. The summed E-state index contributed by atoms with van der Waals surface area (Å²) in [6, 6.07) is 10.9. The Kier molecular flexibility index (Phi) is 2.45. The molecule has 2 aromatic rings. The highest BCUT2D eigenvalue weighted by Gasteiger charge is 2.25. The lowest BCUT2D eigenvalue weighted by Gasteiger charge is -2.16. The number of amides is 1. The first kappa shape index (κ1) is 11.6. The van der Waals surface area contributed by atoms with Gasteiger partial charge in [0.05, 0.1) is 11.3 Å². The largest absolute Gasteiger partial charge is 0.454 e. The second-order valence-corrected chi connectivity index (χ2v) is 4.69. The molecule has 0 aromatic heterocycles. The maximum atomic E-state index is 12.5. The Bertz CT molecular complexity index is 680. The van der Waals surface area contributed by atoms with Gasteiger partial charge in [0.25, 0.3) is 5.91 Å². The van der Waals surface area contributed by atoms with Crippen LogP contribution < -0.4 is 15.4 Å². The minimum Gasteiger partial charge on any atom is -0.454 e. The summed E-state index contributed by atoms with van der Waals surface area (Å²) in [5.41, 5.74) is 8.61. The second-order valence-electron chi connectivity index (χ2n) is 4.69. The zero-order valence-electron chi connectivity index (χ0n) is 10.8. The Hall–Kier alpha value is -2.49. The van der Waals surface area contributed by atoms with Crippen molar-refractivity contribution in [1.82, 2.24) is 0 Å². The van der Waals surface area contributed by atoms with E-state index in [1.54, 1.807) is 30.1 Å². The number of aryl methyl sites for hydroxylation is 1. The van der Waals surface area contributed by atoms with Crippen molar-refractivity contribution < 1.29 is 9.53 Å². The Morgan fingerprint density at radius 2 is 1.84 bits per heavy atom. The van der Waals surface area contributed by atoms with Gasteiger partial charge in [-0.25, -0.2) is 0 Å². The first-order chi connectivity index (χ1) is 9.06. The van der Waals surface area contributed by atoms with E-state index in [4.69, 9.17) is 10.5 Å². The molecule has 1 amide bonds. The van der Waals surface area contributed by atoms with E-state index in [9.17, 15) is 4.79 Å². The van der Waals surface area contributed by atoms with E-state index in [0.29, 0.717) is 22.7 Å². The predicted molar refractivity (Wildman–Crippen MR) is 74.8 cm³/mol. The molecule has 0 bridgehead atoms. The number of anilines is 2. The van der Waals surface area contributed by atoms with Crippen molar-refractivity contribution in [2.75, 3.05) is 17.7 Å². The van der Waals surface area contributed by atoms with Gasteiger partial charge in [0, 0.05) is 12.7 Å². The summed E-state index contributed by atoms with van der Waals surface area (Å²) in [6.07, 6.45) is 0. The first-order valence-electron chi connectivity index (χ1n) is 6.02. The van der Waals surface area contributed by atoms with E-state index in [2.05, 4.69) is 0 Å². The number of nitrogens with zero attached hydrogens (tertiary/aromatic N) is 1. The second kappa shape index (κ2) is 4.02. The third-order valence-corrected chi connectivity index (χ3v) is 3.23. The number of nitrogen functional groups attached to an aromatic ring is 1. The number of hydrogen-bond acceptors (Lipinski definition) is 3.